The second kappa shape index (κ2) is 9.08. The van der Waals surface area contributed by atoms with Crippen LogP contribution in [0.25, 0.3) is 22.6 Å². The fraction of sp³-hybridized carbons (Fsp3) is 0.519. The monoisotopic (exact) mass is 504 g/mol. The molecule has 3 saturated carbocycles. The summed E-state index contributed by atoms with van der Waals surface area (Å²) in [4.78, 5) is 6.69. The predicted molar refractivity (Wildman–Crippen MR) is 133 cm³/mol. The number of phenolic OH excluding ortho intramolecular Hbond substituents is 1. The fourth-order valence-corrected chi connectivity index (χ4v) is 6.26. The lowest BCUT2D eigenvalue weighted by atomic mass is 9.69. The smallest absolute Gasteiger partial charge is 0.276 e. The summed E-state index contributed by atoms with van der Waals surface area (Å²) in [7, 11) is 0. The van der Waals surface area contributed by atoms with E-state index in [-0.39, 0.29) is 17.7 Å². The molecule has 192 valence electrons. The van der Waals surface area contributed by atoms with Crippen LogP contribution in [0.5, 0.6) is 17.4 Å². The molecule has 2 bridgehead atoms. The van der Waals surface area contributed by atoms with E-state index in [0.29, 0.717) is 65.3 Å². The Balaban J connectivity index is 1.13. The average Bonchev–Trinajstić information content (AvgIpc) is 3.77. The van der Waals surface area contributed by atoms with Crippen LogP contribution in [0.2, 0.25) is 0 Å². The molecular formula is C27H29FN6O3. The van der Waals surface area contributed by atoms with Crippen molar-refractivity contribution in [1.29, 1.82) is 0 Å². The third-order valence-electron chi connectivity index (χ3n) is 8.17. The quantitative estimate of drug-likeness (QED) is 0.542. The van der Waals surface area contributed by atoms with E-state index in [0.717, 1.165) is 38.5 Å². The molecule has 7 rings (SSSR count). The molecule has 3 aromatic rings. The Morgan fingerprint density at radius 1 is 0.946 bits per heavy atom. The Hall–Kier alpha value is -3.56. The number of benzene rings is 1. The number of ether oxygens (including phenoxy) is 2. The van der Waals surface area contributed by atoms with Gasteiger partial charge in [-0.3, -0.25) is 0 Å². The van der Waals surface area contributed by atoms with E-state index in [1.54, 1.807) is 24.4 Å². The van der Waals surface area contributed by atoms with Crippen molar-refractivity contribution in [3.63, 3.8) is 0 Å². The maximum absolute atomic E-state index is 15.5. The van der Waals surface area contributed by atoms with Gasteiger partial charge in [0, 0.05) is 17.7 Å². The zero-order valence-corrected chi connectivity index (χ0v) is 20.5. The molecule has 9 nitrogen and oxygen atoms in total. The lowest BCUT2D eigenvalue weighted by Crippen LogP contribution is -2.52. The molecule has 1 N–H and O–H groups in total. The summed E-state index contributed by atoms with van der Waals surface area (Å²) in [5, 5.41) is 27.8. The van der Waals surface area contributed by atoms with Gasteiger partial charge in [-0.15, -0.1) is 20.4 Å². The number of phenols is 1. The molecule has 3 heterocycles. The first-order valence-electron chi connectivity index (χ1n) is 13.2. The van der Waals surface area contributed by atoms with Crippen LogP contribution in [0.4, 0.5) is 10.2 Å². The van der Waals surface area contributed by atoms with Crippen LogP contribution in [0.1, 0.15) is 44.9 Å². The summed E-state index contributed by atoms with van der Waals surface area (Å²) >= 11 is 0. The maximum Gasteiger partial charge on any atom is 0.276 e. The summed E-state index contributed by atoms with van der Waals surface area (Å²) in [6.45, 7) is 0.895. The summed E-state index contributed by atoms with van der Waals surface area (Å²) < 4.78 is 26.6. The molecule has 0 amide bonds. The van der Waals surface area contributed by atoms with Crippen LogP contribution < -0.4 is 14.4 Å². The van der Waals surface area contributed by atoms with E-state index >= 15 is 4.39 Å². The van der Waals surface area contributed by atoms with Crippen LogP contribution in [-0.4, -0.2) is 62.0 Å². The van der Waals surface area contributed by atoms with E-state index in [9.17, 15) is 5.11 Å². The molecule has 3 fully saturated rings. The van der Waals surface area contributed by atoms with Crippen molar-refractivity contribution >= 4 is 5.82 Å². The molecule has 0 unspecified atom stereocenters. The van der Waals surface area contributed by atoms with E-state index in [1.165, 1.54) is 6.42 Å². The first-order valence-corrected chi connectivity index (χ1v) is 13.2. The molecule has 4 atom stereocenters. The Labute approximate surface area is 214 Å². The molecule has 1 aliphatic heterocycles. The molecule has 0 radical (unpaired) electrons. The van der Waals surface area contributed by atoms with Gasteiger partial charge in [-0.2, -0.15) is 0 Å². The third kappa shape index (κ3) is 4.22. The average molecular weight is 505 g/mol. The third-order valence-corrected chi connectivity index (χ3v) is 8.17. The van der Waals surface area contributed by atoms with Crippen LogP contribution >= 0.6 is 0 Å². The van der Waals surface area contributed by atoms with Crippen LogP contribution in [0.15, 0.2) is 30.5 Å². The summed E-state index contributed by atoms with van der Waals surface area (Å²) in [5.41, 5.74) is 1.69. The number of halogens is 1. The second-order valence-electron chi connectivity index (χ2n) is 10.6. The van der Waals surface area contributed by atoms with E-state index < -0.39 is 6.17 Å². The number of hydrogen-bond donors (Lipinski definition) is 1. The number of anilines is 1. The van der Waals surface area contributed by atoms with E-state index in [1.807, 2.05) is 6.07 Å². The van der Waals surface area contributed by atoms with Crippen molar-refractivity contribution in [3.8, 4) is 40.0 Å². The Morgan fingerprint density at radius 2 is 1.84 bits per heavy atom. The van der Waals surface area contributed by atoms with Gasteiger partial charge in [-0.1, -0.05) is 18.9 Å². The highest BCUT2D eigenvalue weighted by Crippen LogP contribution is 2.46. The van der Waals surface area contributed by atoms with Gasteiger partial charge in [0.05, 0.1) is 23.5 Å². The molecular weight excluding hydrogens is 475 g/mol. The number of fused-ring (bicyclic) bond motifs is 3. The number of rotatable bonds is 5. The molecule has 10 heteroatoms. The molecule has 0 spiro atoms. The Morgan fingerprint density at radius 3 is 2.65 bits per heavy atom. The van der Waals surface area contributed by atoms with Gasteiger partial charge in [0.25, 0.3) is 5.88 Å². The van der Waals surface area contributed by atoms with Crippen molar-refractivity contribution in [3.05, 3.63) is 30.5 Å². The van der Waals surface area contributed by atoms with Gasteiger partial charge in [-0.25, -0.2) is 9.37 Å². The molecule has 0 saturated heterocycles. The van der Waals surface area contributed by atoms with Crippen LogP contribution in [0.3, 0.4) is 0 Å². The topological polar surface area (TPSA) is 106 Å². The van der Waals surface area contributed by atoms with Crippen molar-refractivity contribution in [1.82, 2.24) is 25.4 Å². The standard InChI is InChI=1S/C27H29FN6O3/c28-25-17-3-1-2-15(10-17)11-21(25)34(18-5-6-18)24-14-29-26(32-31-24)19-7-4-16(12-22(19)35)20-13-23-27(33-30-20)37-9-8-36-23/h4,7,12-15,17-18,21,25,35H,1-3,5-6,8-11H2/t15-,17+,21+,25-/m1/s1. The number of nitrogens with zero attached hydrogens (tertiary/aromatic N) is 6. The predicted octanol–water partition coefficient (Wildman–Crippen LogP) is 4.36. The van der Waals surface area contributed by atoms with E-state index in [2.05, 4.69) is 30.3 Å². The molecule has 2 aromatic heterocycles. The van der Waals surface area contributed by atoms with E-state index in [4.69, 9.17) is 9.47 Å². The number of aromatic hydroxyl groups is 1. The minimum atomic E-state index is -0.834. The summed E-state index contributed by atoms with van der Waals surface area (Å²) in [6, 6.07) is 7.04. The minimum absolute atomic E-state index is 0.00622. The largest absolute Gasteiger partial charge is 0.507 e. The van der Waals surface area contributed by atoms with Crippen molar-refractivity contribution < 1.29 is 19.0 Å². The minimum Gasteiger partial charge on any atom is -0.507 e. The van der Waals surface area contributed by atoms with Crippen LogP contribution in [0, 0.1) is 11.8 Å². The highest BCUT2D eigenvalue weighted by Gasteiger charge is 2.46. The number of aromatic nitrogens is 5. The Bertz CT molecular complexity index is 1300. The van der Waals surface area contributed by atoms with Gasteiger partial charge < -0.3 is 19.5 Å². The summed E-state index contributed by atoms with van der Waals surface area (Å²) in [5.74, 6) is 2.61. The zero-order chi connectivity index (χ0) is 24.9. The second-order valence-corrected chi connectivity index (χ2v) is 10.6. The zero-order valence-electron chi connectivity index (χ0n) is 20.5. The summed E-state index contributed by atoms with van der Waals surface area (Å²) in [6.07, 6.45) is 8.17. The van der Waals surface area contributed by atoms with Crippen molar-refractivity contribution in [2.75, 3.05) is 18.1 Å². The molecule has 1 aromatic carbocycles. The lowest BCUT2D eigenvalue weighted by molar-refractivity contribution is 0.0631. The molecule has 37 heavy (non-hydrogen) atoms. The number of hydrogen-bond acceptors (Lipinski definition) is 9. The highest BCUT2D eigenvalue weighted by atomic mass is 19.1. The first-order chi connectivity index (χ1) is 18.1. The number of alkyl halides is 1. The van der Waals surface area contributed by atoms with Crippen LogP contribution in [-0.2, 0) is 0 Å². The first kappa shape index (κ1) is 22.6. The lowest BCUT2D eigenvalue weighted by Gasteiger charge is -2.46. The molecule has 3 aliphatic carbocycles. The Kier molecular flexibility index (Phi) is 5.55. The van der Waals surface area contributed by atoms with Gasteiger partial charge in [0.1, 0.15) is 25.1 Å². The fourth-order valence-electron chi connectivity index (χ4n) is 6.26. The highest BCUT2D eigenvalue weighted by molar-refractivity contribution is 5.72. The SMILES string of the molecule is Oc1cc(-c2cc3c(nn2)OCCO3)ccc1-c1ncc(N(C2CC2)[C@H]2C[C@@H]3CCC[C@@H](C3)[C@H]2F)nn1. The van der Waals surface area contributed by atoms with Gasteiger partial charge in [0.15, 0.2) is 17.4 Å². The van der Waals surface area contributed by atoms with Gasteiger partial charge in [-0.05, 0) is 56.1 Å². The van der Waals surface area contributed by atoms with Crippen molar-refractivity contribution in [2.24, 2.45) is 11.8 Å². The van der Waals surface area contributed by atoms with Gasteiger partial charge >= 0.3 is 0 Å². The maximum atomic E-state index is 15.5. The normalized spacial score (nSPS) is 26.5. The molecule has 4 aliphatic rings. The van der Waals surface area contributed by atoms with Crippen molar-refractivity contribution in [2.45, 2.75) is 63.2 Å². The van der Waals surface area contributed by atoms with Gasteiger partial charge in [0.2, 0.25) is 0 Å².